The van der Waals surface area contributed by atoms with Crippen molar-refractivity contribution in [1.82, 2.24) is 4.90 Å². The Kier molecular flexibility index (Phi) is 4.74. The molecular formula is C13H22F3NO2. The smallest absolute Gasteiger partial charge is 0.381 e. The van der Waals surface area contributed by atoms with Crippen LogP contribution in [0.3, 0.4) is 0 Å². The standard InChI is InChI=1S/C13H22F3NO2/c1-2-18-10-12(5-6-12)9-17-7-3-11(4-8-17)19-13(14,15)16/h11H,2-10H2,1H3. The first-order valence-corrected chi connectivity index (χ1v) is 6.97. The number of halogens is 3. The molecule has 0 unspecified atom stereocenters. The van der Waals surface area contributed by atoms with Gasteiger partial charge in [-0.2, -0.15) is 0 Å². The van der Waals surface area contributed by atoms with Crippen LogP contribution in [0, 0.1) is 5.41 Å². The normalized spacial score (nSPS) is 24.6. The van der Waals surface area contributed by atoms with Crippen LogP contribution in [-0.2, 0) is 9.47 Å². The average molecular weight is 281 g/mol. The van der Waals surface area contributed by atoms with Crippen LogP contribution in [0.4, 0.5) is 13.2 Å². The van der Waals surface area contributed by atoms with E-state index in [1.54, 1.807) is 0 Å². The molecular weight excluding hydrogens is 259 g/mol. The number of piperidine rings is 1. The summed E-state index contributed by atoms with van der Waals surface area (Å²) in [5.41, 5.74) is 0.272. The van der Waals surface area contributed by atoms with E-state index in [0.717, 1.165) is 19.8 Å². The van der Waals surface area contributed by atoms with Gasteiger partial charge in [0.2, 0.25) is 0 Å². The van der Waals surface area contributed by atoms with Crippen molar-refractivity contribution in [2.75, 3.05) is 32.8 Å². The van der Waals surface area contributed by atoms with Crippen molar-refractivity contribution in [3.05, 3.63) is 0 Å². The Balaban J connectivity index is 1.69. The lowest BCUT2D eigenvalue weighted by molar-refractivity contribution is -0.345. The van der Waals surface area contributed by atoms with Crippen molar-refractivity contribution in [3.8, 4) is 0 Å². The summed E-state index contributed by atoms with van der Waals surface area (Å²) in [5.74, 6) is 0. The molecule has 0 amide bonds. The Morgan fingerprint density at radius 3 is 2.32 bits per heavy atom. The minimum absolute atomic E-state index is 0.272. The van der Waals surface area contributed by atoms with Crippen molar-refractivity contribution < 1.29 is 22.6 Å². The van der Waals surface area contributed by atoms with Gasteiger partial charge in [-0.15, -0.1) is 13.2 Å². The van der Waals surface area contributed by atoms with Crippen LogP contribution >= 0.6 is 0 Å². The number of rotatable bonds is 6. The summed E-state index contributed by atoms with van der Waals surface area (Å²) in [6, 6.07) is 0. The summed E-state index contributed by atoms with van der Waals surface area (Å²) in [7, 11) is 0. The predicted molar refractivity (Wildman–Crippen MR) is 64.8 cm³/mol. The first-order chi connectivity index (χ1) is 8.92. The second-order valence-corrected chi connectivity index (χ2v) is 5.68. The highest BCUT2D eigenvalue weighted by Crippen LogP contribution is 2.46. The molecule has 0 atom stereocenters. The summed E-state index contributed by atoms with van der Waals surface area (Å²) in [5, 5.41) is 0. The van der Waals surface area contributed by atoms with Gasteiger partial charge in [-0.3, -0.25) is 4.74 Å². The SMILES string of the molecule is CCOCC1(CN2CCC(OC(F)(F)F)CC2)CC1. The molecule has 1 aliphatic carbocycles. The van der Waals surface area contributed by atoms with Gasteiger partial charge in [-0.05, 0) is 32.6 Å². The molecule has 2 fully saturated rings. The van der Waals surface area contributed by atoms with E-state index in [1.165, 1.54) is 12.8 Å². The molecule has 1 saturated heterocycles. The molecule has 0 aromatic heterocycles. The van der Waals surface area contributed by atoms with E-state index in [1.807, 2.05) is 6.92 Å². The molecule has 0 aromatic carbocycles. The summed E-state index contributed by atoms with van der Waals surface area (Å²) in [4.78, 5) is 2.25. The fraction of sp³-hybridized carbons (Fsp3) is 1.00. The maximum atomic E-state index is 12.1. The number of alkyl halides is 3. The molecule has 0 aromatic rings. The van der Waals surface area contributed by atoms with Crippen molar-refractivity contribution in [2.45, 2.75) is 45.1 Å². The lowest BCUT2D eigenvalue weighted by Gasteiger charge is -2.34. The molecule has 1 heterocycles. The molecule has 112 valence electrons. The van der Waals surface area contributed by atoms with Gasteiger partial charge in [0, 0.05) is 31.7 Å². The molecule has 2 aliphatic rings. The number of hydrogen-bond donors (Lipinski definition) is 0. The van der Waals surface area contributed by atoms with Gasteiger partial charge in [0.05, 0.1) is 12.7 Å². The topological polar surface area (TPSA) is 21.7 Å². The van der Waals surface area contributed by atoms with E-state index in [-0.39, 0.29) is 5.41 Å². The van der Waals surface area contributed by atoms with E-state index in [0.29, 0.717) is 25.9 Å². The van der Waals surface area contributed by atoms with Gasteiger partial charge >= 0.3 is 6.36 Å². The Bertz CT molecular complexity index is 284. The second-order valence-electron chi connectivity index (χ2n) is 5.68. The minimum Gasteiger partial charge on any atom is -0.381 e. The molecule has 1 aliphatic heterocycles. The lowest BCUT2D eigenvalue weighted by atomic mass is 10.0. The van der Waals surface area contributed by atoms with Gasteiger partial charge in [0.25, 0.3) is 0 Å². The summed E-state index contributed by atoms with van der Waals surface area (Å²) in [6.45, 7) is 5.82. The molecule has 6 heteroatoms. The molecule has 0 radical (unpaired) electrons. The van der Waals surface area contributed by atoms with E-state index < -0.39 is 12.5 Å². The van der Waals surface area contributed by atoms with Gasteiger partial charge in [-0.1, -0.05) is 0 Å². The van der Waals surface area contributed by atoms with Crippen molar-refractivity contribution >= 4 is 0 Å². The summed E-state index contributed by atoms with van der Waals surface area (Å²) in [6.07, 6.45) is -1.90. The van der Waals surface area contributed by atoms with E-state index >= 15 is 0 Å². The van der Waals surface area contributed by atoms with Crippen molar-refractivity contribution in [3.63, 3.8) is 0 Å². The zero-order valence-corrected chi connectivity index (χ0v) is 11.3. The van der Waals surface area contributed by atoms with Crippen LogP contribution in [0.2, 0.25) is 0 Å². The van der Waals surface area contributed by atoms with Gasteiger partial charge < -0.3 is 9.64 Å². The van der Waals surface area contributed by atoms with Gasteiger partial charge in [0.1, 0.15) is 0 Å². The Labute approximate surface area is 112 Å². The Hall–Kier alpha value is -0.330. The van der Waals surface area contributed by atoms with Crippen molar-refractivity contribution in [2.24, 2.45) is 5.41 Å². The molecule has 0 N–H and O–H groups in total. The summed E-state index contributed by atoms with van der Waals surface area (Å²) >= 11 is 0. The molecule has 0 spiro atoms. The molecule has 3 nitrogen and oxygen atoms in total. The van der Waals surface area contributed by atoms with Crippen LogP contribution < -0.4 is 0 Å². The monoisotopic (exact) mass is 281 g/mol. The molecule has 0 bridgehead atoms. The zero-order valence-electron chi connectivity index (χ0n) is 11.3. The van der Waals surface area contributed by atoms with E-state index in [9.17, 15) is 13.2 Å². The third kappa shape index (κ3) is 4.93. The first-order valence-electron chi connectivity index (χ1n) is 6.97. The molecule has 2 rings (SSSR count). The van der Waals surface area contributed by atoms with Crippen LogP contribution in [0.25, 0.3) is 0 Å². The third-order valence-electron chi connectivity index (χ3n) is 3.96. The summed E-state index contributed by atoms with van der Waals surface area (Å²) < 4.78 is 45.9. The number of nitrogens with zero attached hydrogens (tertiary/aromatic N) is 1. The lowest BCUT2D eigenvalue weighted by Crippen LogP contribution is -2.42. The fourth-order valence-electron chi connectivity index (χ4n) is 2.69. The molecule has 19 heavy (non-hydrogen) atoms. The maximum absolute atomic E-state index is 12.1. The van der Waals surface area contributed by atoms with E-state index in [2.05, 4.69) is 9.64 Å². The number of hydrogen-bond acceptors (Lipinski definition) is 3. The largest absolute Gasteiger partial charge is 0.522 e. The fourth-order valence-corrected chi connectivity index (χ4v) is 2.69. The average Bonchev–Trinajstić information content (AvgIpc) is 3.08. The number of likely N-dealkylation sites (tertiary alicyclic amines) is 1. The van der Waals surface area contributed by atoms with Crippen LogP contribution in [0.1, 0.15) is 32.6 Å². The van der Waals surface area contributed by atoms with Gasteiger partial charge in [-0.25, -0.2) is 0 Å². The zero-order chi connectivity index (χ0) is 13.9. The molecule has 1 saturated carbocycles. The first kappa shape index (κ1) is 15.1. The highest BCUT2D eigenvalue weighted by molar-refractivity contribution is 4.96. The minimum atomic E-state index is -4.50. The quantitative estimate of drug-likeness (QED) is 0.747. The highest BCUT2D eigenvalue weighted by atomic mass is 19.4. The van der Waals surface area contributed by atoms with Crippen LogP contribution in [0.15, 0.2) is 0 Å². The predicted octanol–water partition coefficient (Wildman–Crippen LogP) is 2.80. The third-order valence-corrected chi connectivity index (χ3v) is 3.96. The van der Waals surface area contributed by atoms with E-state index in [4.69, 9.17) is 4.74 Å². The Morgan fingerprint density at radius 2 is 1.84 bits per heavy atom. The second kappa shape index (κ2) is 5.97. The van der Waals surface area contributed by atoms with Crippen LogP contribution in [0.5, 0.6) is 0 Å². The maximum Gasteiger partial charge on any atom is 0.522 e. The van der Waals surface area contributed by atoms with Gasteiger partial charge in [0.15, 0.2) is 0 Å². The Morgan fingerprint density at radius 1 is 1.21 bits per heavy atom. The van der Waals surface area contributed by atoms with Crippen LogP contribution in [-0.4, -0.2) is 50.2 Å². The highest BCUT2D eigenvalue weighted by Gasteiger charge is 2.44. The number of ether oxygens (including phenoxy) is 2. The van der Waals surface area contributed by atoms with Crippen molar-refractivity contribution in [1.29, 1.82) is 0 Å².